The van der Waals surface area contributed by atoms with Gasteiger partial charge in [-0.3, -0.25) is 4.79 Å². The van der Waals surface area contributed by atoms with E-state index >= 15 is 0 Å². The summed E-state index contributed by atoms with van der Waals surface area (Å²) >= 11 is 1.13. The highest BCUT2D eigenvalue weighted by atomic mass is 32.2. The second kappa shape index (κ2) is 6.55. The Morgan fingerprint density at radius 2 is 1.88 bits per heavy atom. The van der Waals surface area contributed by atoms with Gasteiger partial charge < -0.3 is 9.47 Å². The zero-order chi connectivity index (χ0) is 12.8. The number of aromatic nitrogens is 2. The molecule has 1 unspecified atom stereocenters. The first kappa shape index (κ1) is 13.9. The molecule has 8 heteroatoms. The average molecular weight is 275 g/mol. The van der Waals surface area contributed by atoms with E-state index in [-0.39, 0.29) is 10.4 Å². The fourth-order valence-electron chi connectivity index (χ4n) is 0.923. The minimum absolute atomic E-state index is 0.0182. The molecule has 0 spiro atoms. The summed E-state index contributed by atoms with van der Waals surface area (Å²) < 4.78 is 14.1. The van der Waals surface area contributed by atoms with E-state index in [9.17, 15) is 4.79 Å². The Morgan fingerprint density at radius 3 is 2.29 bits per heavy atom. The predicted molar refractivity (Wildman–Crippen MR) is 69.4 cm³/mol. The van der Waals surface area contributed by atoms with Gasteiger partial charge in [-0.25, -0.2) is 0 Å². The van der Waals surface area contributed by atoms with Crippen LogP contribution in [0.15, 0.2) is 10.4 Å². The summed E-state index contributed by atoms with van der Waals surface area (Å²) in [5.41, 5.74) is 0. The van der Waals surface area contributed by atoms with Crippen LogP contribution in [0.5, 0.6) is 11.8 Å². The molecule has 0 radical (unpaired) electrons. The van der Waals surface area contributed by atoms with Gasteiger partial charge in [0.25, 0.3) is 10.4 Å². The van der Waals surface area contributed by atoms with Crippen LogP contribution < -0.4 is 9.47 Å². The van der Waals surface area contributed by atoms with Crippen molar-refractivity contribution in [3.05, 3.63) is 6.07 Å². The van der Waals surface area contributed by atoms with Gasteiger partial charge >= 0.3 is 0 Å². The van der Waals surface area contributed by atoms with E-state index in [0.717, 1.165) is 11.8 Å². The van der Waals surface area contributed by atoms with E-state index in [2.05, 4.69) is 14.3 Å². The summed E-state index contributed by atoms with van der Waals surface area (Å²) in [6.07, 6.45) is 3.43. The summed E-state index contributed by atoms with van der Waals surface area (Å²) in [6.45, 7) is 0. The van der Waals surface area contributed by atoms with Gasteiger partial charge in [0.05, 0.1) is 20.3 Å². The van der Waals surface area contributed by atoms with Crippen molar-refractivity contribution in [2.45, 2.75) is 0 Å². The Hall–Kier alpha value is -1.15. The predicted octanol–water partition coefficient (Wildman–Crippen LogP) is 2.04. The number of methoxy groups -OCH3 is 2. The lowest BCUT2D eigenvalue weighted by Gasteiger charge is -2.03. The van der Waals surface area contributed by atoms with Crippen LogP contribution in [0.1, 0.15) is 0 Å². The van der Waals surface area contributed by atoms with Crippen molar-refractivity contribution in [3.8, 4) is 11.8 Å². The highest BCUT2D eigenvalue weighted by molar-refractivity contribution is 8.33. The lowest BCUT2D eigenvalue weighted by molar-refractivity contribution is 0.276. The maximum Gasteiger partial charge on any atom is 0.262 e. The Labute approximate surface area is 106 Å². The van der Waals surface area contributed by atoms with E-state index in [0.29, 0.717) is 11.8 Å². The number of thioether (sulfide) groups is 1. The van der Waals surface area contributed by atoms with Crippen molar-refractivity contribution in [2.75, 3.05) is 26.7 Å². The zero-order valence-corrected chi connectivity index (χ0v) is 11.6. The minimum atomic E-state index is -0.773. The SMILES string of the molecule is COc1cc(OC)nc(N=S(C)C(=O)SC)n1. The van der Waals surface area contributed by atoms with Gasteiger partial charge in [0.1, 0.15) is 0 Å². The lowest BCUT2D eigenvalue weighted by Crippen LogP contribution is -1.98. The molecule has 6 nitrogen and oxygen atoms in total. The van der Waals surface area contributed by atoms with Crippen LogP contribution in [-0.4, -0.2) is 41.1 Å². The normalized spacial score (nSPS) is 12.2. The largest absolute Gasteiger partial charge is 0.481 e. The van der Waals surface area contributed by atoms with Gasteiger partial charge in [0.15, 0.2) is 0 Å². The molecular weight excluding hydrogens is 262 g/mol. The highest BCUT2D eigenvalue weighted by Crippen LogP contribution is 2.20. The van der Waals surface area contributed by atoms with Crippen molar-refractivity contribution in [2.24, 2.45) is 4.36 Å². The summed E-state index contributed by atoms with van der Waals surface area (Å²) in [6, 6.07) is 1.54. The first-order chi connectivity index (χ1) is 8.10. The van der Waals surface area contributed by atoms with Gasteiger partial charge in [-0.1, -0.05) is 11.8 Å². The standard InChI is InChI=1S/C9H13N3O3S2/c1-14-6-5-7(15-2)11-8(10-6)12-17(4)9(13)16-3/h5H,1-4H3. The van der Waals surface area contributed by atoms with Gasteiger partial charge in [0.2, 0.25) is 11.8 Å². The molecule has 0 aliphatic rings. The van der Waals surface area contributed by atoms with Crippen LogP contribution in [-0.2, 0) is 10.7 Å². The molecule has 0 aliphatic carbocycles. The van der Waals surface area contributed by atoms with Crippen molar-refractivity contribution in [3.63, 3.8) is 0 Å². The molecule has 1 aromatic heterocycles. The molecular formula is C9H13N3O3S2. The molecule has 0 saturated carbocycles. The first-order valence-electron chi connectivity index (χ1n) is 4.53. The molecule has 17 heavy (non-hydrogen) atoms. The Balaban J connectivity index is 3.09. The van der Waals surface area contributed by atoms with Crippen LogP contribution >= 0.6 is 11.8 Å². The van der Waals surface area contributed by atoms with E-state index in [4.69, 9.17) is 9.47 Å². The molecule has 0 aliphatic heterocycles. The quantitative estimate of drug-likeness (QED) is 0.840. The Bertz CT molecular complexity index is 429. The van der Waals surface area contributed by atoms with Crippen LogP contribution in [0.2, 0.25) is 0 Å². The number of ether oxygens (including phenoxy) is 2. The molecule has 0 aromatic carbocycles. The van der Waals surface area contributed by atoms with Crippen molar-refractivity contribution < 1.29 is 14.3 Å². The molecule has 94 valence electrons. The fraction of sp³-hybridized carbons (Fsp3) is 0.444. The fourth-order valence-corrected chi connectivity index (χ4v) is 2.40. The first-order valence-corrected chi connectivity index (χ1v) is 7.35. The molecule has 1 heterocycles. The number of nitrogens with zero attached hydrogens (tertiary/aromatic N) is 3. The van der Waals surface area contributed by atoms with Crippen LogP contribution in [0, 0.1) is 0 Å². The monoisotopic (exact) mass is 275 g/mol. The van der Waals surface area contributed by atoms with Crippen molar-refractivity contribution in [1.29, 1.82) is 0 Å². The smallest absolute Gasteiger partial charge is 0.262 e. The van der Waals surface area contributed by atoms with Crippen LogP contribution in [0.25, 0.3) is 0 Å². The van der Waals surface area contributed by atoms with E-state index in [1.807, 2.05) is 0 Å². The molecule has 0 saturated heterocycles. The van der Waals surface area contributed by atoms with Crippen LogP contribution in [0.4, 0.5) is 10.7 Å². The topological polar surface area (TPSA) is 73.7 Å². The van der Waals surface area contributed by atoms with Crippen molar-refractivity contribution in [1.82, 2.24) is 9.97 Å². The lowest BCUT2D eigenvalue weighted by atomic mass is 10.6. The second-order valence-corrected chi connectivity index (χ2v) is 5.32. The molecule has 0 fully saturated rings. The number of carbonyl (C=O) groups excluding carboxylic acids is 1. The zero-order valence-electron chi connectivity index (χ0n) is 9.96. The Kier molecular flexibility index (Phi) is 5.36. The second-order valence-electron chi connectivity index (χ2n) is 2.78. The molecule has 1 atom stereocenters. The average Bonchev–Trinajstić information content (AvgIpc) is 2.36. The third kappa shape index (κ3) is 3.97. The highest BCUT2D eigenvalue weighted by Gasteiger charge is 2.07. The van der Waals surface area contributed by atoms with Crippen molar-refractivity contribution >= 4 is 32.8 Å². The summed E-state index contributed by atoms with van der Waals surface area (Å²) in [7, 11) is 2.21. The number of hydrogen-bond acceptors (Lipinski definition) is 7. The molecule has 1 aromatic rings. The van der Waals surface area contributed by atoms with E-state index in [1.165, 1.54) is 14.2 Å². The molecule has 0 bridgehead atoms. The maximum absolute atomic E-state index is 11.4. The summed E-state index contributed by atoms with van der Waals surface area (Å²) in [5, 5.41) is 0. The van der Waals surface area contributed by atoms with Gasteiger partial charge in [-0.2, -0.15) is 14.3 Å². The summed E-state index contributed by atoms with van der Waals surface area (Å²) in [5.74, 6) is 0.892. The molecule has 0 N–H and O–H groups in total. The number of rotatable bonds is 3. The van der Waals surface area contributed by atoms with Gasteiger partial charge in [-0.15, -0.1) is 0 Å². The maximum atomic E-state index is 11.4. The summed E-state index contributed by atoms with van der Waals surface area (Å²) in [4.78, 5) is 19.4. The third-order valence-corrected chi connectivity index (χ3v) is 4.19. The Morgan fingerprint density at radius 1 is 1.35 bits per heavy atom. The number of hydrogen-bond donors (Lipinski definition) is 0. The van der Waals surface area contributed by atoms with Crippen LogP contribution in [0.3, 0.4) is 0 Å². The van der Waals surface area contributed by atoms with Gasteiger partial charge in [-0.05, 0) is 16.9 Å². The van der Waals surface area contributed by atoms with E-state index < -0.39 is 10.7 Å². The third-order valence-electron chi connectivity index (χ3n) is 1.71. The molecule has 0 amide bonds. The number of carbonyl (C=O) groups is 1. The van der Waals surface area contributed by atoms with E-state index in [1.54, 1.807) is 18.6 Å². The minimum Gasteiger partial charge on any atom is -0.481 e. The molecule has 1 rings (SSSR count). The van der Waals surface area contributed by atoms with Gasteiger partial charge in [0, 0.05) is 6.26 Å².